The molecule has 1 aliphatic heterocycles. The molecule has 0 bridgehead atoms. The molecule has 2 aromatic heterocycles. The van der Waals surface area contributed by atoms with Crippen molar-refractivity contribution in [3.8, 4) is 6.07 Å². The number of nitriles is 1. The van der Waals surface area contributed by atoms with E-state index in [0.29, 0.717) is 38.2 Å². The van der Waals surface area contributed by atoms with Crippen molar-refractivity contribution in [1.29, 1.82) is 5.26 Å². The van der Waals surface area contributed by atoms with Gasteiger partial charge in [-0.1, -0.05) is 39.6 Å². The van der Waals surface area contributed by atoms with Crippen LogP contribution in [0.1, 0.15) is 79.6 Å². The van der Waals surface area contributed by atoms with Crippen LogP contribution in [0.25, 0.3) is 5.57 Å². The summed E-state index contributed by atoms with van der Waals surface area (Å²) < 4.78 is 7.43. The number of allylic oxidation sites excluding steroid dienone is 2. The minimum atomic E-state index is -1.26. The molecule has 1 aliphatic carbocycles. The third kappa shape index (κ3) is 8.05. The van der Waals surface area contributed by atoms with Crippen molar-refractivity contribution in [3.63, 3.8) is 0 Å². The highest BCUT2D eigenvalue weighted by Gasteiger charge is 2.28. The Morgan fingerprint density at radius 3 is 2.56 bits per heavy atom. The highest BCUT2D eigenvalue weighted by molar-refractivity contribution is 6.76. The summed E-state index contributed by atoms with van der Waals surface area (Å²) in [5.41, 5.74) is 3.72. The fourth-order valence-electron chi connectivity index (χ4n) is 5.17. The Kier molecular flexibility index (Phi) is 9.34. The lowest BCUT2D eigenvalue weighted by molar-refractivity contribution is 0.0808. The Bertz CT molecular complexity index is 1350. The van der Waals surface area contributed by atoms with E-state index in [1.165, 1.54) is 4.90 Å². The van der Waals surface area contributed by atoms with Crippen LogP contribution in [-0.2, 0) is 11.5 Å². The average molecular weight is 579 g/mol. The van der Waals surface area contributed by atoms with E-state index >= 15 is 0 Å². The maximum atomic E-state index is 13.5. The molecule has 11 heteroatoms. The Morgan fingerprint density at radius 1 is 1.22 bits per heavy atom. The van der Waals surface area contributed by atoms with Crippen LogP contribution in [0.3, 0.4) is 0 Å². The van der Waals surface area contributed by atoms with Gasteiger partial charge in [-0.25, -0.2) is 9.78 Å². The zero-order valence-corrected chi connectivity index (χ0v) is 25.9. The maximum absolute atomic E-state index is 13.5. The van der Waals surface area contributed by atoms with Gasteiger partial charge in [0.1, 0.15) is 12.8 Å². The van der Waals surface area contributed by atoms with Crippen LogP contribution in [0, 0.1) is 16.7 Å². The van der Waals surface area contributed by atoms with E-state index in [0.717, 1.165) is 42.3 Å². The molecule has 2 aliphatic rings. The maximum Gasteiger partial charge on any atom is 0.407 e. The fourth-order valence-corrected chi connectivity index (χ4v) is 5.93. The van der Waals surface area contributed by atoms with Crippen molar-refractivity contribution in [2.75, 3.05) is 25.0 Å². The van der Waals surface area contributed by atoms with Gasteiger partial charge in [0.05, 0.1) is 11.4 Å². The Morgan fingerprint density at radius 2 is 1.95 bits per heavy atom. The monoisotopic (exact) mass is 578 g/mol. The number of carbonyl (C=O) groups excluding carboxylic acids is 1. The summed E-state index contributed by atoms with van der Waals surface area (Å²) in [4.78, 5) is 35.7. The average Bonchev–Trinajstić information content (AvgIpc) is 3.34. The van der Waals surface area contributed by atoms with Gasteiger partial charge in [-0.3, -0.25) is 9.78 Å². The molecule has 2 amide bonds. The van der Waals surface area contributed by atoms with Gasteiger partial charge in [-0.15, -0.1) is 0 Å². The minimum absolute atomic E-state index is 0.115. The van der Waals surface area contributed by atoms with Crippen LogP contribution < -0.4 is 5.32 Å². The molecule has 0 spiro atoms. The normalized spacial score (nSPS) is 17.6. The topological polar surface area (TPSA) is 133 Å². The Balaban J connectivity index is 1.58. The molecule has 41 heavy (non-hydrogen) atoms. The van der Waals surface area contributed by atoms with Crippen LogP contribution in [0.15, 0.2) is 24.4 Å². The lowest BCUT2D eigenvalue weighted by Crippen LogP contribution is -2.37. The lowest BCUT2D eigenvalue weighted by Gasteiger charge is -2.31. The SMILES string of the molecule is CC1(C)CC=C(c2nc(C3CCN(C(=O)O)CC3)ccc2NC(=O)c2nc(C#N)cn2COCC[Si](C)(C)C)CC1. The molecule has 0 aromatic carbocycles. The molecular weight excluding hydrogens is 536 g/mol. The van der Waals surface area contributed by atoms with Gasteiger partial charge >= 0.3 is 6.09 Å². The zero-order chi connectivity index (χ0) is 29.8. The van der Waals surface area contributed by atoms with E-state index in [-0.39, 0.29) is 29.6 Å². The smallest absolute Gasteiger partial charge is 0.407 e. The van der Waals surface area contributed by atoms with E-state index in [9.17, 15) is 20.0 Å². The van der Waals surface area contributed by atoms with E-state index in [4.69, 9.17) is 9.72 Å². The first-order valence-corrected chi connectivity index (χ1v) is 18.1. The van der Waals surface area contributed by atoms with Crippen molar-refractivity contribution in [2.45, 2.75) is 84.3 Å². The van der Waals surface area contributed by atoms with E-state index in [2.05, 4.69) is 49.9 Å². The molecule has 10 nitrogen and oxygen atoms in total. The number of likely N-dealkylation sites (tertiary alicyclic amines) is 1. The van der Waals surface area contributed by atoms with Crippen LogP contribution in [-0.4, -0.2) is 64.3 Å². The second-order valence-electron chi connectivity index (χ2n) is 13.1. The van der Waals surface area contributed by atoms with Gasteiger partial charge in [-0.05, 0) is 61.3 Å². The largest absolute Gasteiger partial charge is 0.465 e. The second kappa shape index (κ2) is 12.6. The summed E-state index contributed by atoms with van der Waals surface area (Å²) in [5.74, 6) is -0.160. The predicted molar refractivity (Wildman–Crippen MR) is 160 cm³/mol. The highest BCUT2D eigenvalue weighted by Crippen LogP contribution is 2.40. The van der Waals surface area contributed by atoms with Gasteiger partial charge in [0.2, 0.25) is 5.82 Å². The number of anilines is 1. The van der Waals surface area contributed by atoms with Crippen LogP contribution in [0.4, 0.5) is 10.5 Å². The first-order valence-electron chi connectivity index (χ1n) is 14.4. The minimum Gasteiger partial charge on any atom is -0.465 e. The summed E-state index contributed by atoms with van der Waals surface area (Å²) in [7, 11) is -1.26. The number of imidazole rings is 1. The lowest BCUT2D eigenvalue weighted by atomic mass is 9.77. The van der Waals surface area contributed by atoms with E-state index in [1.54, 1.807) is 10.8 Å². The number of amides is 2. The van der Waals surface area contributed by atoms with Crippen LogP contribution >= 0.6 is 0 Å². The molecule has 1 fully saturated rings. The predicted octanol–water partition coefficient (Wildman–Crippen LogP) is 6.17. The molecule has 4 rings (SSSR count). The zero-order valence-electron chi connectivity index (χ0n) is 24.9. The van der Waals surface area contributed by atoms with Crippen molar-refractivity contribution in [3.05, 3.63) is 47.3 Å². The Hall–Kier alpha value is -3.49. The number of rotatable bonds is 9. The number of piperidine rings is 1. The van der Waals surface area contributed by atoms with Gasteiger partial charge < -0.3 is 24.6 Å². The van der Waals surface area contributed by atoms with Crippen molar-refractivity contribution in [1.82, 2.24) is 19.4 Å². The fraction of sp³-hybridized carbons (Fsp3) is 0.567. The first kappa shape index (κ1) is 30.5. The molecule has 0 unspecified atom stereocenters. The van der Waals surface area contributed by atoms with Gasteiger partial charge in [0.15, 0.2) is 5.69 Å². The number of carbonyl (C=O) groups is 2. The summed E-state index contributed by atoms with van der Waals surface area (Å²) >= 11 is 0. The molecule has 3 heterocycles. The molecular formula is C30H42N6O4Si. The molecule has 0 saturated carbocycles. The van der Waals surface area contributed by atoms with Gasteiger partial charge in [0, 0.05) is 45.6 Å². The number of pyridine rings is 1. The van der Waals surface area contributed by atoms with Gasteiger partial charge in [0.25, 0.3) is 5.91 Å². The highest BCUT2D eigenvalue weighted by atomic mass is 28.3. The third-order valence-electron chi connectivity index (χ3n) is 7.95. The number of carboxylic acid groups (broad SMARTS) is 1. The number of aromatic nitrogens is 3. The van der Waals surface area contributed by atoms with Crippen molar-refractivity contribution in [2.24, 2.45) is 5.41 Å². The first-order chi connectivity index (χ1) is 19.3. The summed E-state index contributed by atoms with van der Waals surface area (Å²) in [6.45, 7) is 13.0. The van der Waals surface area contributed by atoms with E-state index < -0.39 is 20.1 Å². The molecule has 220 valence electrons. The standard InChI is InChI=1S/C30H42N6O4Si/c1-30(2)12-8-22(9-13-30)26-25(7-6-24(33-26)21-10-14-35(15-11-21)29(38)39)34-28(37)27-32-23(18-31)19-36(27)20-40-16-17-41(3,4)5/h6-8,19,21H,9-17,20H2,1-5H3,(H,34,37)(H,38,39). The Labute approximate surface area is 243 Å². The van der Waals surface area contributed by atoms with Crippen LogP contribution in [0.2, 0.25) is 25.7 Å². The summed E-state index contributed by atoms with van der Waals surface area (Å²) in [6, 6.07) is 6.84. The van der Waals surface area contributed by atoms with E-state index in [1.807, 2.05) is 18.2 Å². The summed E-state index contributed by atoms with van der Waals surface area (Å²) in [6.07, 6.45) is 7.08. The summed E-state index contributed by atoms with van der Waals surface area (Å²) in [5, 5.41) is 21.8. The second-order valence-corrected chi connectivity index (χ2v) is 18.7. The molecule has 1 saturated heterocycles. The number of hydrogen-bond acceptors (Lipinski definition) is 6. The molecule has 0 radical (unpaired) electrons. The van der Waals surface area contributed by atoms with Crippen LogP contribution in [0.5, 0.6) is 0 Å². The van der Waals surface area contributed by atoms with Gasteiger partial charge in [-0.2, -0.15) is 5.26 Å². The van der Waals surface area contributed by atoms with Crippen molar-refractivity contribution >= 4 is 31.3 Å². The molecule has 2 N–H and O–H groups in total. The third-order valence-corrected chi connectivity index (χ3v) is 9.65. The number of hydrogen-bond donors (Lipinski definition) is 2. The van der Waals surface area contributed by atoms with Crippen molar-refractivity contribution < 1.29 is 19.4 Å². The quantitative estimate of drug-likeness (QED) is 0.269. The number of ether oxygens (including phenoxy) is 1. The molecule has 0 atom stereocenters. The number of nitrogens with zero attached hydrogens (tertiary/aromatic N) is 5. The molecule has 2 aromatic rings. The number of nitrogens with one attached hydrogen (secondary N) is 1.